The minimum absolute atomic E-state index is 0.0940. The van der Waals surface area contributed by atoms with Gasteiger partial charge in [0.25, 0.3) is 11.8 Å². The summed E-state index contributed by atoms with van der Waals surface area (Å²) in [7, 11) is 0. The van der Waals surface area contributed by atoms with Crippen LogP contribution >= 0.6 is 0 Å². The van der Waals surface area contributed by atoms with Crippen molar-refractivity contribution < 1.29 is 30.0 Å². The van der Waals surface area contributed by atoms with Gasteiger partial charge in [-0.25, -0.2) is 0 Å². The number of fused-ring (bicyclic) bond motifs is 2. The number of amides is 2. The molecule has 198 valence electrons. The van der Waals surface area contributed by atoms with Crippen LogP contribution in [0.1, 0.15) is 60.2 Å². The van der Waals surface area contributed by atoms with Gasteiger partial charge in [0.15, 0.2) is 23.0 Å². The number of hydrogen-bond acceptors (Lipinski definition) is 6. The minimum atomic E-state index is -0.485. The summed E-state index contributed by atoms with van der Waals surface area (Å²) >= 11 is 0. The second kappa shape index (κ2) is 11.3. The molecule has 0 heterocycles. The Morgan fingerprint density at radius 1 is 0.632 bits per heavy atom. The predicted octanol–water partition coefficient (Wildman–Crippen LogP) is 5.54. The molecule has 0 aliphatic heterocycles. The summed E-state index contributed by atoms with van der Waals surface area (Å²) in [4.78, 5) is 25.2. The molecule has 0 aromatic heterocycles. The lowest BCUT2D eigenvalue weighted by Crippen LogP contribution is -2.24. The van der Waals surface area contributed by atoms with Crippen LogP contribution in [0.25, 0.3) is 32.7 Å². The molecule has 4 aromatic carbocycles. The molecule has 0 atom stereocenters. The number of rotatable bonds is 9. The Hall–Kier alpha value is -4.46. The van der Waals surface area contributed by atoms with E-state index in [-0.39, 0.29) is 22.9 Å². The number of phenolic OH excluding ortho intramolecular Hbond substituents is 4. The van der Waals surface area contributed by atoms with Crippen LogP contribution in [0.5, 0.6) is 23.0 Å². The van der Waals surface area contributed by atoms with Crippen LogP contribution in [0.15, 0.2) is 48.5 Å². The van der Waals surface area contributed by atoms with E-state index in [4.69, 9.17) is 0 Å². The molecule has 4 rings (SSSR count). The zero-order chi connectivity index (χ0) is 27.4. The van der Waals surface area contributed by atoms with Crippen LogP contribution in [-0.4, -0.2) is 45.3 Å². The van der Waals surface area contributed by atoms with Crippen molar-refractivity contribution in [3.8, 4) is 34.1 Å². The molecular formula is C30H32N2O6. The molecule has 2 amide bonds. The normalized spacial score (nSPS) is 11.1. The number of aromatic hydroxyl groups is 4. The number of hydrogen-bond donors (Lipinski definition) is 6. The lowest BCUT2D eigenvalue weighted by atomic mass is 9.90. The van der Waals surface area contributed by atoms with Crippen LogP contribution in [0.4, 0.5) is 0 Å². The van der Waals surface area contributed by atoms with Crippen molar-refractivity contribution in [2.75, 3.05) is 13.1 Å². The number of unbranched alkanes of at least 4 members (excludes halogenated alkanes) is 2. The van der Waals surface area contributed by atoms with E-state index in [1.165, 1.54) is 12.1 Å². The average molecular weight is 517 g/mol. The molecule has 0 aliphatic rings. The van der Waals surface area contributed by atoms with E-state index in [2.05, 4.69) is 10.6 Å². The Morgan fingerprint density at radius 3 is 1.39 bits per heavy atom. The summed E-state index contributed by atoms with van der Waals surface area (Å²) in [6.45, 7) is 5.15. The van der Waals surface area contributed by atoms with Gasteiger partial charge in [-0.3, -0.25) is 9.59 Å². The topological polar surface area (TPSA) is 139 Å². The molecule has 0 aliphatic carbocycles. The van der Waals surface area contributed by atoms with Gasteiger partial charge in [0.05, 0.1) is 0 Å². The molecular weight excluding hydrogens is 484 g/mol. The van der Waals surface area contributed by atoms with Crippen molar-refractivity contribution in [1.29, 1.82) is 0 Å². The van der Waals surface area contributed by atoms with Crippen molar-refractivity contribution in [2.45, 2.75) is 39.5 Å². The van der Waals surface area contributed by atoms with E-state index in [0.29, 0.717) is 45.8 Å². The van der Waals surface area contributed by atoms with Crippen molar-refractivity contribution in [3.05, 3.63) is 59.7 Å². The minimum Gasteiger partial charge on any atom is -0.504 e. The lowest BCUT2D eigenvalue weighted by Gasteiger charge is -2.17. The van der Waals surface area contributed by atoms with Gasteiger partial charge in [-0.1, -0.05) is 38.8 Å². The highest BCUT2D eigenvalue weighted by Crippen LogP contribution is 2.50. The highest BCUT2D eigenvalue weighted by Gasteiger charge is 2.23. The van der Waals surface area contributed by atoms with E-state index >= 15 is 0 Å². The monoisotopic (exact) mass is 516 g/mol. The molecule has 0 radical (unpaired) electrons. The molecule has 0 bridgehead atoms. The summed E-state index contributed by atoms with van der Waals surface area (Å²) in [5, 5.41) is 50.5. The molecule has 0 spiro atoms. The molecule has 8 nitrogen and oxygen atoms in total. The maximum absolute atomic E-state index is 12.6. The van der Waals surface area contributed by atoms with Crippen molar-refractivity contribution in [1.82, 2.24) is 10.6 Å². The molecule has 38 heavy (non-hydrogen) atoms. The summed E-state index contributed by atoms with van der Waals surface area (Å²) < 4.78 is 0. The number of carbonyl (C=O) groups excluding carboxylic acids is 2. The molecule has 0 fully saturated rings. The Balaban J connectivity index is 1.87. The Morgan fingerprint density at radius 2 is 1.03 bits per heavy atom. The van der Waals surface area contributed by atoms with Gasteiger partial charge in [0.2, 0.25) is 0 Å². The van der Waals surface area contributed by atoms with Crippen LogP contribution in [-0.2, 0) is 0 Å². The summed E-state index contributed by atoms with van der Waals surface area (Å²) in [6.07, 6.45) is 3.59. The van der Waals surface area contributed by atoms with Gasteiger partial charge in [-0.15, -0.1) is 0 Å². The van der Waals surface area contributed by atoms with Crippen LogP contribution in [0.3, 0.4) is 0 Å². The fourth-order valence-electron chi connectivity index (χ4n) is 4.51. The number of benzene rings is 4. The predicted molar refractivity (Wildman–Crippen MR) is 148 cm³/mol. The third-order valence-electron chi connectivity index (χ3n) is 6.59. The Labute approximate surface area is 220 Å². The molecule has 6 N–H and O–H groups in total. The van der Waals surface area contributed by atoms with Crippen molar-refractivity contribution >= 4 is 33.4 Å². The number of phenols is 4. The maximum Gasteiger partial charge on any atom is 0.251 e. The summed E-state index contributed by atoms with van der Waals surface area (Å²) in [6, 6.07) is 12.3. The fourth-order valence-corrected chi connectivity index (χ4v) is 4.51. The van der Waals surface area contributed by atoms with Crippen LogP contribution in [0.2, 0.25) is 0 Å². The summed E-state index contributed by atoms with van der Waals surface area (Å²) in [5.74, 6) is -2.38. The Bertz CT molecular complexity index is 1410. The smallest absolute Gasteiger partial charge is 0.251 e. The second-order valence-electron chi connectivity index (χ2n) is 9.33. The lowest BCUT2D eigenvalue weighted by molar-refractivity contribution is 0.0945. The zero-order valence-corrected chi connectivity index (χ0v) is 21.5. The molecule has 0 unspecified atom stereocenters. The molecule has 8 heteroatoms. The SMILES string of the molecule is CCCCNC(=O)c1ccc2c(-c3c(O)c(O)cc4cc(C(=O)NCCCC)ccc34)c(O)c(O)cc2c1. The van der Waals surface area contributed by atoms with Crippen molar-refractivity contribution in [2.24, 2.45) is 0 Å². The number of carbonyl (C=O) groups is 2. The van der Waals surface area contributed by atoms with E-state index in [1.54, 1.807) is 36.4 Å². The highest BCUT2D eigenvalue weighted by molar-refractivity contribution is 6.13. The second-order valence-corrected chi connectivity index (χ2v) is 9.33. The molecule has 0 saturated carbocycles. The molecule has 4 aromatic rings. The van der Waals surface area contributed by atoms with Gasteiger partial charge < -0.3 is 31.1 Å². The largest absolute Gasteiger partial charge is 0.504 e. The maximum atomic E-state index is 12.6. The highest BCUT2D eigenvalue weighted by atomic mass is 16.3. The third kappa shape index (κ3) is 5.16. The van der Waals surface area contributed by atoms with Gasteiger partial charge in [0.1, 0.15) is 0 Å². The van der Waals surface area contributed by atoms with Gasteiger partial charge in [0, 0.05) is 35.3 Å². The van der Waals surface area contributed by atoms with Gasteiger partial charge >= 0.3 is 0 Å². The first kappa shape index (κ1) is 26.6. The van der Waals surface area contributed by atoms with Gasteiger partial charge in [-0.2, -0.15) is 0 Å². The van der Waals surface area contributed by atoms with E-state index < -0.39 is 23.0 Å². The first-order valence-corrected chi connectivity index (χ1v) is 12.8. The van der Waals surface area contributed by atoms with Gasteiger partial charge in [-0.05, 0) is 70.8 Å². The van der Waals surface area contributed by atoms with E-state index in [9.17, 15) is 30.0 Å². The Kier molecular flexibility index (Phi) is 7.90. The van der Waals surface area contributed by atoms with E-state index in [1.807, 2.05) is 13.8 Å². The van der Waals surface area contributed by atoms with Crippen molar-refractivity contribution in [3.63, 3.8) is 0 Å². The molecule has 0 saturated heterocycles. The first-order valence-electron chi connectivity index (χ1n) is 12.8. The van der Waals surface area contributed by atoms with E-state index in [0.717, 1.165) is 25.7 Å². The first-order chi connectivity index (χ1) is 18.3. The van der Waals surface area contributed by atoms with Crippen LogP contribution in [0, 0.1) is 0 Å². The summed E-state index contributed by atoms with van der Waals surface area (Å²) in [5.41, 5.74) is 0.953. The average Bonchev–Trinajstić information content (AvgIpc) is 2.90. The zero-order valence-electron chi connectivity index (χ0n) is 21.5. The number of nitrogens with one attached hydrogen (secondary N) is 2. The quantitative estimate of drug-likeness (QED) is 0.127. The standard InChI is InChI=1S/C30H32N2O6/c1-3-5-11-31-29(37)17-7-9-21-19(13-17)15-23(33)27(35)25(21)26-22-10-8-18(30(38)32-12-6-4-2)14-20(22)16-24(34)28(26)36/h7-10,13-16,33-36H,3-6,11-12H2,1-2H3,(H,31,37)(H,32,38). The van der Waals surface area contributed by atoms with Crippen LogP contribution < -0.4 is 10.6 Å². The third-order valence-corrected chi connectivity index (χ3v) is 6.59. The fraction of sp³-hybridized carbons (Fsp3) is 0.267.